The van der Waals surface area contributed by atoms with E-state index in [1.54, 1.807) is 14.2 Å². The minimum Gasteiger partial charge on any atom is -0.497 e. The summed E-state index contributed by atoms with van der Waals surface area (Å²) in [7, 11) is 3.25. The summed E-state index contributed by atoms with van der Waals surface area (Å²) in [5, 5.41) is 9.57. The summed E-state index contributed by atoms with van der Waals surface area (Å²) in [6.45, 7) is 2.11. The fraction of sp³-hybridized carbons (Fsp3) is 0.217. The Morgan fingerprint density at radius 2 is 1.72 bits per heavy atom. The van der Waals surface area contributed by atoms with E-state index in [9.17, 15) is 4.79 Å². The molecule has 0 heterocycles. The molecule has 3 rings (SSSR count). The lowest BCUT2D eigenvalue weighted by molar-refractivity contribution is -0.119. The van der Waals surface area contributed by atoms with Crippen LogP contribution in [0.1, 0.15) is 18.9 Å². The number of benzene rings is 3. The molecule has 0 aliphatic carbocycles. The van der Waals surface area contributed by atoms with Crippen LogP contribution in [0.3, 0.4) is 0 Å². The molecule has 3 aromatic rings. The molecule has 1 amide bonds. The molecular formula is C23H25N3O3. The maximum Gasteiger partial charge on any atom is 0.259 e. The van der Waals surface area contributed by atoms with Crippen molar-refractivity contribution in [1.29, 1.82) is 0 Å². The molecule has 6 heteroatoms. The van der Waals surface area contributed by atoms with E-state index >= 15 is 0 Å². The fourth-order valence-electron chi connectivity index (χ4n) is 3.01. The van der Waals surface area contributed by atoms with Gasteiger partial charge in [-0.05, 0) is 53.1 Å². The maximum atomic E-state index is 12.2. The van der Waals surface area contributed by atoms with Crippen LogP contribution >= 0.6 is 0 Å². The van der Waals surface area contributed by atoms with Crippen LogP contribution in [-0.2, 0) is 4.79 Å². The largest absolute Gasteiger partial charge is 0.497 e. The lowest BCUT2D eigenvalue weighted by atomic mass is 10.0. The number of para-hydroxylation sites is 2. The lowest BCUT2D eigenvalue weighted by Crippen LogP contribution is -2.27. The number of nitrogens with zero attached hydrogens (tertiary/aromatic N) is 1. The smallest absolute Gasteiger partial charge is 0.259 e. The monoisotopic (exact) mass is 391 g/mol. The van der Waals surface area contributed by atoms with Gasteiger partial charge in [0.05, 0.1) is 32.2 Å². The number of amides is 1. The zero-order valence-electron chi connectivity index (χ0n) is 16.9. The fourth-order valence-corrected chi connectivity index (χ4v) is 3.01. The molecule has 0 aliphatic heterocycles. The van der Waals surface area contributed by atoms with Crippen molar-refractivity contribution in [3.05, 3.63) is 66.2 Å². The number of carbonyl (C=O) groups excluding carboxylic acids is 1. The van der Waals surface area contributed by atoms with Gasteiger partial charge in [0.15, 0.2) is 0 Å². The number of rotatable bonds is 8. The number of nitrogens with one attached hydrogen (secondary N) is 2. The maximum absolute atomic E-state index is 12.2. The molecule has 0 unspecified atom stereocenters. The molecule has 0 fully saturated rings. The molecule has 29 heavy (non-hydrogen) atoms. The molecule has 0 bridgehead atoms. The predicted molar refractivity (Wildman–Crippen MR) is 117 cm³/mol. The number of ether oxygens (including phenoxy) is 2. The summed E-state index contributed by atoms with van der Waals surface area (Å²) in [5.41, 5.74) is 5.18. The third kappa shape index (κ3) is 5.04. The van der Waals surface area contributed by atoms with Gasteiger partial charge in [0.1, 0.15) is 11.5 Å². The normalized spacial score (nSPS) is 11.2. The lowest BCUT2D eigenvalue weighted by Gasteiger charge is -2.10. The number of carbonyl (C=O) groups is 1. The summed E-state index contributed by atoms with van der Waals surface area (Å²) < 4.78 is 10.5. The summed E-state index contributed by atoms with van der Waals surface area (Å²) >= 11 is 0. The highest BCUT2D eigenvalue weighted by molar-refractivity contribution is 6.04. The van der Waals surface area contributed by atoms with Crippen LogP contribution in [0, 0.1) is 0 Å². The molecule has 0 aromatic heterocycles. The van der Waals surface area contributed by atoms with E-state index in [1.165, 1.54) is 0 Å². The molecule has 0 aliphatic rings. The van der Waals surface area contributed by atoms with E-state index in [2.05, 4.69) is 21.9 Å². The van der Waals surface area contributed by atoms with E-state index in [0.717, 1.165) is 33.5 Å². The van der Waals surface area contributed by atoms with Gasteiger partial charge in [0.2, 0.25) is 0 Å². The van der Waals surface area contributed by atoms with Crippen LogP contribution in [0.4, 0.5) is 5.69 Å². The first-order valence-corrected chi connectivity index (χ1v) is 9.45. The molecule has 6 nitrogen and oxygen atoms in total. The van der Waals surface area contributed by atoms with Crippen LogP contribution in [0.15, 0.2) is 65.8 Å². The standard InChI is InChI=1S/C23H25N3O3/c1-4-20(18-10-9-17-14-19(28-2)12-11-16(17)13-18)25-26-23(27)15-24-21-7-5-6-8-22(21)29-3/h5-14,24H,4,15H2,1-3H3,(H,26,27)/b25-20-. The van der Waals surface area contributed by atoms with Gasteiger partial charge in [-0.3, -0.25) is 4.79 Å². The molecule has 0 spiro atoms. The van der Waals surface area contributed by atoms with Gasteiger partial charge in [-0.15, -0.1) is 0 Å². The molecule has 0 radical (unpaired) electrons. The number of hydrogen-bond donors (Lipinski definition) is 2. The van der Waals surface area contributed by atoms with Crippen molar-refractivity contribution in [2.24, 2.45) is 5.10 Å². The third-order valence-electron chi connectivity index (χ3n) is 4.58. The van der Waals surface area contributed by atoms with Gasteiger partial charge < -0.3 is 14.8 Å². The van der Waals surface area contributed by atoms with Gasteiger partial charge in [0, 0.05) is 0 Å². The third-order valence-corrected chi connectivity index (χ3v) is 4.58. The van der Waals surface area contributed by atoms with E-state index in [1.807, 2.05) is 61.5 Å². The Kier molecular flexibility index (Phi) is 6.68. The van der Waals surface area contributed by atoms with Crippen LogP contribution in [-0.4, -0.2) is 32.4 Å². The molecule has 0 saturated carbocycles. The van der Waals surface area contributed by atoms with Crippen molar-refractivity contribution in [3.63, 3.8) is 0 Å². The first-order chi connectivity index (χ1) is 14.1. The highest BCUT2D eigenvalue weighted by Gasteiger charge is 2.07. The zero-order chi connectivity index (χ0) is 20.6. The number of fused-ring (bicyclic) bond motifs is 1. The second-order valence-electron chi connectivity index (χ2n) is 6.43. The second kappa shape index (κ2) is 9.59. The number of hydrazone groups is 1. The Labute approximate surface area is 170 Å². The zero-order valence-corrected chi connectivity index (χ0v) is 16.9. The highest BCUT2D eigenvalue weighted by Crippen LogP contribution is 2.23. The number of hydrogen-bond acceptors (Lipinski definition) is 5. The van der Waals surface area contributed by atoms with Crippen molar-refractivity contribution < 1.29 is 14.3 Å². The van der Waals surface area contributed by atoms with Crippen LogP contribution < -0.4 is 20.2 Å². The second-order valence-corrected chi connectivity index (χ2v) is 6.43. The predicted octanol–water partition coefficient (Wildman–Crippen LogP) is 4.20. The first kappa shape index (κ1) is 20.2. The first-order valence-electron chi connectivity index (χ1n) is 9.45. The number of methoxy groups -OCH3 is 2. The average molecular weight is 391 g/mol. The molecule has 0 atom stereocenters. The molecule has 2 N–H and O–H groups in total. The Hall–Kier alpha value is -3.54. The topological polar surface area (TPSA) is 72.0 Å². The van der Waals surface area contributed by atoms with Gasteiger partial charge in [0.25, 0.3) is 5.91 Å². The summed E-state index contributed by atoms with van der Waals surface area (Å²) in [4.78, 5) is 12.2. The Bertz CT molecular complexity index is 1030. The van der Waals surface area contributed by atoms with E-state index < -0.39 is 0 Å². The van der Waals surface area contributed by atoms with E-state index in [4.69, 9.17) is 9.47 Å². The number of anilines is 1. The van der Waals surface area contributed by atoms with Crippen LogP contribution in [0.2, 0.25) is 0 Å². The molecular weight excluding hydrogens is 366 g/mol. The highest BCUT2D eigenvalue weighted by atomic mass is 16.5. The van der Waals surface area contributed by atoms with Gasteiger partial charge in [-0.25, -0.2) is 5.43 Å². The quantitative estimate of drug-likeness (QED) is 0.446. The molecule has 3 aromatic carbocycles. The summed E-state index contributed by atoms with van der Waals surface area (Å²) in [5.74, 6) is 1.28. The minimum atomic E-state index is -0.229. The summed E-state index contributed by atoms with van der Waals surface area (Å²) in [6.07, 6.45) is 0.696. The van der Waals surface area contributed by atoms with Crippen molar-refractivity contribution in [1.82, 2.24) is 5.43 Å². The van der Waals surface area contributed by atoms with E-state index in [-0.39, 0.29) is 12.5 Å². The van der Waals surface area contributed by atoms with Crippen molar-refractivity contribution >= 4 is 28.1 Å². The van der Waals surface area contributed by atoms with E-state index in [0.29, 0.717) is 12.2 Å². The van der Waals surface area contributed by atoms with Crippen LogP contribution in [0.25, 0.3) is 10.8 Å². The molecule has 0 saturated heterocycles. The van der Waals surface area contributed by atoms with Crippen molar-refractivity contribution in [2.45, 2.75) is 13.3 Å². The van der Waals surface area contributed by atoms with Crippen LogP contribution in [0.5, 0.6) is 11.5 Å². The Balaban J connectivity index is 1.67. The van der Waals surface area contributed by atoms with Gasteiger partial charge in [-0.2, -0.15) is 5.10 Å². The molecule has 150 valence electrons. The SMILES string of the molecule is CC/C(=N/NC(=O)CNc1ccccc1OC)c1ccc2cc(OC)ccc2c1. The summed E-state index contributed by atoms with van der Waals surface area (Å²) in [6, 6.07) is 19.5. The Morgan fingerprint density at radius 3 is 2.48 bits per heavy atom. The van der Waals surface area contributed by atoms with Crippen molar-refractivity contribution in [3.8, 4) is 11.5 Å². The average Bonchev–Trinajstić information content (AvgIpc) is 2.77. The van der Waals surface area contributed by atoms with Gasteiger partial charge >= 0.3 is 0 Å². The van der Waals surface area contributed by atoms with Gasteiger partial charge in [-0.1, -0.05) is 37.3 Å². The Morgan fingerprint density at radius 1 is 0.966 bits per heavy atom. The van der Waals surface area contributed by atoms with Crippen molar-refractivity contribution in [2.75, 3.05) is 26.1 Å². The minimum absolute atomic E-state index is 0.0956.